The molecule has 0 saturated heterocycles. The number of unbranched alkanes of at least 4 members (excludes halogenated alkanes) is 1. The fourth-order valence-corrected chi connectivity index (χ4v) is 2.15. The first-order chi connectivity index (χ1) is 9.74. The van der Waals surface area contributed by atoms with Gasteiger partial charge in [0.1, 0.15) is 5.75 Å². The van der Waals surface area contributed by atoms with Crippen LogP contribution in [0.15, 0.2) is 18.2 Å². The first kappa shape index (κ1) is 14.9. The monoisotopic (exact) mass is 276 g/mol. The number of carbonyl (C=O) groups excluding carboxylic acids is 1. The van der Waals surface area contributed by atoms with Crippen molar-refractivity contribution in [1.29, 1.82) is 0 Å². The zero-order valence-corrected chi connectivity index (χ0v) is 12.2. The maximum absolute atomic E-state index is 11.8. The average Bonchev–Trinajstić information content (AvgIpc) is 3.26. The van der Waals surface area contributed by atoms with Gasteiger partial charge in [0.15, 0.2) is 0 Å². The molecule has 0 heterocycles. The predicted octanol–water partition coefficient (Wildman–Crippen LogP) is 2.72. The third kappa shape index (κ3) is 4.23. The first-order valence-corrected chi connectivity index (χ1v) is 7.51. The number of hydrogen-bond acceptors (Lipinski definition) is 3. The standard InChI is InChI=1S/C16H24N2O2/c1-2-20-15-11-12(5-3-4-10-17)6-9-14(15)18-16(19)13-7-8-13/h6,9,11,13H,2-5,7-8,10,17H2,1H3,(H,18,19). The van der Waals surface area contributed by atoms with Gasteiger partial charge in [0.25, 0.3) is 0 Å². The summed E-state index contributed by atoms with van der Waals surface area (Å²) in [4.78, 5) is 11.8. The Balaban J connectivity index is 2.03. The average molecular weight is 276 g/mol. The third-order valence-corrected chi connectivity index (χ3v) is 3.47. The molecule has 0 bridgehead atoms. The van der Waals surface area contributed by atoms with E-state index in [-0.39, 0.29) is 11.8 Å². The van der Waals surface area contributed by atoms with E-state index in [0.717, 1.165) is 50.1 Å². The fourth-order valence-electron chi connectivity index (χ4n) is 2.15. The minimum atomic E-state index is 0.113. The van der Waals surface area contributed by atoms with Crippen LogP contribution < -0.4 is 15.8 Å². The van der Waals surface area contributed by atoms with E-state index in [9.17, 15) is 4.79 Å². The molecule has 0 spiro atoms. The quantitative estimate of drug-likeness (QED) is 0.718. The van der Waals surface area contributed by atoms with Gasteiger partial charge in [-0.25, -0.2) is 0 Å². The molecule has 4 heteroatoms. The van der Waals surface area contributed by atoms with Crippen LogP contribution in [-0.2, 0) is 11.2 Å². The van der Waals surface area contributed by atoms with Crippen LogP contribution in [0.2, 0.25) is 0 Å². The van der Waals surface area contributed by atoms with Gasteiger partial charge >= 0.3 is 0 Å². The molecular formula is C16H24N2O2. The topological polar surface area (TPSA) is 64.3 Å². The Bertz CT molecular complexity index is 456. The number of nitrogens with one attached hydrogen (secondary N) is 1. The van der Waals surface area contributed by atoms with Crippen LogP contribution in [0.4, 0.5) is 5.69 Å². The maximum atomic E-state index is 11.8. The summed E-state index contributed by atoms with van der Waals surface area (Å²) in [5.74, 6) is 1.09. The van der Waals surface area contributed by atoms with Gasteiger partial charge in [0.2, 0.25) is 5.91 Å². The summed E-state index contributed by atoms with van der Waals surface area (Å²) in [6.07, 6.45) is 5.12. The zero-order chi connectivity index (χ0) is 14.4. The molecule has 1 aromatic rings. The highest BCUT2D eigenvalue weighted by molar-refractivity contribution is 5.95. The van der Waals surface area contributed by atoms with E-state index >= 15 is 0 Å². The van der Waals surface area contributed by atoms with E-state index in [1.54, 1.807) is 0 Å². The van der Waals surface area contributed by atoms with Gasteiger partial charge in [0.05, 0.1) is 12.3 Å². The number of aryl methyl sites for hydroxylation is 1. The molecule has 1 fully saturated rings. The van der Waals surface area contributed by atoms with Gasteiger partial charge in [0, 0.05) is 5.92 Å². The predicted molar refractivity (Wildman–Crippen MR) is 81.0 cm³/mol. The Hall–Kier alpha value is -1.55. The van der Waals surface area contributed by atoms with Crippen LogP contribution in [-0.4, -0.2) is 19.1 Å². The number of nitrogens with two attached hydrogens (primary N) is 1. The van der Waals surface area contributed by atoms with Crippen LogP contribution in [0.1, 0.15) is 38.2 Å². The van der Waals surface area contributed by atoms with Crippen LogP contribution >= 0.6 is 0 Å². The highest BCUT2D eigenvalue weighted by Gasteiger charge is 2.30. The molecule has 1 aliphatic rings. The molecular weight excluding hydrogens is 252 g/mol. The molecule has 110 valence electrons. The molecule has 20 heavy (non-hydrogen) atoms. The summed E-state index contributed by atoms with van der Waals surface area (Å²) < 4.78 is 5.65. The second-order valence-electron chi connectivity index (χ2n) is 5.27. The number of benzene rings is 1. The number of ether oxygens (including phenoxy) is 1. The van der Waals surface area contributed by atoms with Crippen LogP contribution in [0, 0.1) is 5.92 Å². The lowest BCUT2D eigenvalue weighted by molar-refractivity contribution is -0.117. The van der Waals surface area contributed by atoms with Crippen molar-refractivity contribution in [3.8, 4) is 5.75 Å². The van der Waals surface area contributed by atoms with Crippen molar-refractivity contribution >= 4 is 11.6 Å². The summed E-state index contributed by atoms with van der Waals surface area (Å²) in [6.45, 7) is 3.28. The third-order valence-electron chi connectivity index (χ3n) is 3.47. The fraction of sp³-hybridized carbons (Fsp3) is 0.562. The van der Waals surface area contributed by atoms with E-state index in [4.69, 9.17) is 10.5 Å². The second kappa shape index (κ2) is 7.29. The van der Waals surface area contributed by atoms with Gasteiger partial charge in [-0.2, -0.15) is 0 Å². The van der Waals surface area contributed by atoms with Gasteiger partial charge in [-0.3, -0.25) is 4.79 Å². The van der Waals surface area contributed by atoms with Crippen molar-refractivity contribution in [2.75, 3.05) is 18.5 Å². The summed E-state index contributed by atoms with van der Waals surface area (Å²) in [5.41, 5.74) is 7.52. The number of hydrogen-bond donors (Lipinski definition) is 2. The lowest BCUT2D eigenvalue weighted by atomic mass is 10.1. The van der Waals surface area contributed by atoms with Crippen LogP contribution in [0.3, 0.4) is 0 Å². The molecule has 1 aromatic carbocycles. The Morgan fingerprint density at radius 3 is 2.85 bits per heavy atom. The summed E-state index contributed by atoms with van der Waals surface area (Å²) in [5, 5.41) is 2.97. The molecule has 3 N–H and O–H groups in total. The Labute approximate surface area is 120 Å². The number of amides is 1. The summed E-state index contributed by atoms with van der Waals surface area (Å²) in [7, 11) is 0. The molecule has 0 radical (unpaired) electrons. The van der Waals surface area contributed by atoms with Gasteiger partial charge in [-0.1, -0.05) is 6.07 Å². The van der Waals surface area contributed by atoms with Crippen molar-refractivity contribution in [1.82, 2.24) is 0 Å². The summed E-state index contributed by atoms with van der Waals surface area (Å²) in [6, 6.07) is 6.03. The normalized spacial score (nSPS) is 14.1. The highest BCUT2D eigenvalue weighted by Crippen LogP contribution is 2.33. The molecule has 0 atom stereocenters. The van der Waals surface area contributed by atoms with Crippen LogP contribution in [0.25, 0.3) is 0 Å². The van der Waals surface area contributed by atoms with E-state index in [1.165, 1.54) is 5.56 Å². The van der Waals surface area contributed by atoms with Gasteiger partial charge in [-0.05, 0) is 63.3 Å². The molecule has 0 aliphatic heterocycles. The van der Waals surface area contributed by atoms with Crippen molar-refractivity contribution in [3.05, 3.63) is 23.8 Å². The molecule has 1 amide bonds. The maximum Gasteiger partial charge on any atom is 0.227 e. The number of anilines is 1. The minimum absolute atomic E-state index is 0.113. The lowest BCUT2D eigenvalue weighted by Crippen LogP contribution is -2.14. The molecule has 0 unspecified atom stereocenters. The number of rotatable bonds is 8. The van der Waals surface area contributed by atoms with Crippen molar-refractivity contribution in [2.24, 2.45) is 11.7 Å². The molecule has 4 nitrogen and oxygen atoms in total. The van der Waals surface area contributed by atoms with E-state index < -0.39 is 0 Å². The molecule has 0 aromatic heterocycles. The van der Waals surface area contributed by atoms with Crippen molar-refractivity contribution in [2.45, 2.75) is 39.0 Å². The van der Waals surface area contributed by atoms with Crippen LogP contribution in [0.5, 0.6) is 5.75 Å². The Morgan fingerprint density at radius 2 is 2.20 bits per heavy atom. The zero-order valence-electron chi connectivity index (χ0n) is 12.2. The SMILES string of the molecule is CCOc1cc(CCCCN)ccc1NC(=O)C1CC1. The molecule has 2 rings (SSSR count). The molecule has 1 aliphatic carbocycles. The second-order valence-corrected chi connectivity index (χ2v) is 5.27. The van der Waals surface area contributed by atoms with Crippen molar-refractivity contribution in [3.63, 3.8) is 0 Å². The van der Waals surface area contributed by atoms with Crippen molar-refractivity contribution < 1.29 is 9.53 Å². The van der Waals surface area contributed by atoms with Gasteiger partial charge < -0.3 is 15.8 Å². The number of carbonyl (C=O) groups is 1. The smallest absolute Gasteiger partial charge is 0.227 e. The first-order valence-electron chi connectivity index (χ1n) is 7.51. The molecule has 1 saturated carbocycles. The van der Waals surface area contributed by atoms with E-state index in [1.807, 2.05) is 19.1 Å². The largest absolute Gasteiger partial charge is 0.492 e. The Kier molecular flexibility index (Phi) is 5.41. The van der Waals surface area contributed by atoms with E-state index in [0.29, 0.717) is 6.61 Å². The highest BCUT2D eigenvalue weighted by atomic mass is 16.5. The Morgan fingerprint density at radius 1 is 1.40 bits per heavy atom. The lowest BCUT2D eigenvalue weighted by Gasteiger charge is -2.13. The minimum Gasteiger partial charge on any atom is -0.492 e. The van der Waals surface area contributed by atoms with E-state index in [2.05, 4.69) is 11.4 Å². The summed E-state index contributed by atoms with van der Waals surface area (Å²) >= 11 is 0. The van der Waals surface area contributed by atoms with Gasteiger partial charge in [-0.15, -0.1) is 0 Å².